The van der Waals surface area contributed by atoms with Crippen molar-refractivity contribution in [3.8, 4) is 0 Å². The van der Waals surface area contributed by atoms with Crippen molar-refractivity contribution in [1.29, 1.82) is 0 Å². The zero-order valence-corrected chi connectivity index (χ0v) is 8.78. The maximum atomic E-state index is 11.8. The third kappa shape index (κ3) is 2.45. The first-order valence-electron chi connectivity index (χ1n) is 5.37. The molecule has 1 unspecified atom stereocenters. The second-order valence-corrected chi connectivity index (χ2v) is 3.91. The zero-order valence-electron chi connectivity index (χ0n) is 8.78. The number of nitrogens with zero attached hydrogens (tertiary/aromatic N) is 1. The molecule has 0 aromatic rings. The van der Waals surface area contributed by atoms with Gasteiger partial charge in [-0.3, -0.25) is 4.79 Å². The zero-order chi connectivity index (χ0) is 10.6. The topological polar surface area (TPSA) is 66.6 Å². The van der Waals surface area contributed by atoms with E-state index in [0.29, 0.717) is 0 Å². The van der Waals surface area contributed by atoms with Crippen LogP contribution in [0.25, 0.3) is 0 Å². The summed E-state index contributed by atoms with van der Waals surface area (Å²) >= 11 is 0. The van der Waals surface area contributed by atoms with Gasteiger partial charge in [-0.05, 0) is 19.3 Å². The molecular formula is C10H20N2O2. The van der Waals surface area contributed by atoms with Gasteiger partial charge in [-0.1, -0.05) is 13.3 Å². The van der Waals surface area contributed by atoms with Crippen molar-refractivity contribution in [3.63, 3.8) is 0 Å². The van der Waals surface area contributed by atoms with E-state index in [-0.39, 0.29) is 24.6 Å². The van der Waals surface area contributed by atoms with Crippen LogP contribution < -0.4 is 5.73 Å². The lowest BCUT2D eigenvalue weighted by Gasteiger charge is -2.25. The average Bonchev–Trinajstić information content (AvgIpc) is 2.64. The van der Waals surface area contributed by atoms with Gasteiger partial charge in [0.1, 0.15) is 0 Å². The van der Waals surface area contributed by atoms with Gasteiger partial charge in [0.15, 0.2) is 0 Å². The molecule has 0 bridgehead atoms. The molecule has 1 aliphatic heterocycles. The SMILES string of the molecule is CCCC(N)C(=O)N1CCC[C@@H]1CO. The molecule has 1 rings (SSSR count). The molecule has 0 saturated carbocycles. The minimum absolute atomic E-state index is 0.00315. The maximum absolute atomic E-state index is 11.8. The number of hydrogen-bond acceptors (Lipinski definition) is 3. The Morgan fingerprint density at radius 2 is 2.43 bits per heavy atom. The molecule has 4 nitrogen and oxygen atoms in total. The van der Waals surface area contributed by atoms with Gasteiger partial charge in [-0.2, -0.15) is 0 Å². The quantitative estimate of drug-likeness (QED) is 0.676. The van der Waals surface area contributed by atoms with E-state index in [0.717, 1.165) is 32.2 Å². The predicted octanol–water partition coefficient (Wildman–Crippen LogP) is 0.0971. The first-order valence-corrected chi connectivity index (χ1v) is 5.37. The van der Waals surface area contributed by atoms with Crippen LogP contribution >= 0.6 is 0 Å². The van der Waals surface area contributed by atoms with Crippen molar-refractivity contribution >= 4 is 5.91 Å². The second kappa shape index (κ2) is 5.32. The van der Waals surface area contributed by atoms with Gasteiger partial charge in [0, 0.05) is 6.54 Å². The fourth-order valence-corrected chi connectivity index (χ4v) is 1.96. The number of hydrogen-bond donors (Lipinski definition) is 2. The van der Waals surface area contributed by atoms with Crippen molar-refractivity contribution in [2.24, 2.45) is 5.73 Å². The van der Waals surface area contributed by atoms with E-state index >= 15 is 0 Å². The lowest BCUT2D eigenvalue weighted by Crippen LogP contribution is -2.46. The van der Waals surface area contributed by atoms with Crippen molar-refractivity contribution in [1.82, 2.24) is 4.90 Å². The number of aliphatic hydroxyl groups excluding tert-OH is 1. The highest BCUT2D eigenvalue weighted by molar-refractivity contribution is 5.82. The third-order valence-electron chi connectivity index (χ3n) is 2.79. The summed E-state index contributed by atoms with van der Waals surface area (Å²) in [6.45, 7) is 2.83. The number of likely N-dealkylation sites (tertiary alicyclic amines) is 1. The number of rotatable bonds is 4. The highest BCUT2D eigenvalue weighted by atomic mass is 16.3. The molecule has 1 heterocycles. The number of carbonyl (C=O) groups excluding carboxylic acids is 1. The average molecular weight is 200 g/mol. The summed E-state index contributed by atoms with van der Waals surface area (Å²) in [4.78, 5) is 13.5. The van der Waals surface area contributed by atoms with Gasteiger partial charge >= 0.3 is 0 Å². The molecule has 1 fully saturated rings. The van der Waals surface area contributed by atoms with E-state index in [4.69, 9.17) is 10.8 Å². The molecular weight excluding hydrogens is 180 g/mol. The normalized spacial score (nSPS) is 23.9. The first-order chi connectivity index (χ1) is 6.70. The molecule has 0 aliphatic carbocycles. The minimum atomic E-state index is -0.382. The molecule has 0 spiro atoms. The lowest BCUT2D eigenvalue weighted by molar-refractivity contribution is -0.134. The van der Waals surface area contributed by atoms with E-state index in [1.54, 1.807) is 4.90 Å². The molecule has 2 atom stereocenters. The fraction of sp³-hybridized carbons (Fsp3) is 0.900. The molecule has 1 saturated heterocycles. The summed E-state index contributed by atoms with van der Waals surface area (Å²) in [6, 6.07) is -0.377. The van der Waals surface area contributed by atoms with Gasteiger partial charge in [0.2, 0.25) is 5.91 Å². The number of amides is 1. The highest BCUT2D eigenvalue weighted by Crippen LogP contribution is 2.18. The highest BCUT2D eigenvalue weighted by Gasteiger charge is 2.30. The van der Waals surface area contributed by atoms with Crippen LogP contribution in [0.4, 0.5) is 0 Å². The number of nitrogens with two attached hydrogens (primary N) is 1. The van der Waals surface area contributed by atoms with E-state index in [2.05, 4.69) is 0 Å². The Bertz CT molecular complexity index is 197. The van der Waals surface area contributed by atoms with Crippen LogP contribution in [0.1, 0.15) is 32.6 Å². The molecule has 4 heteroatoms. The van der Waals surface area contributed by atoms with E-state index < -0.39 is 0 Å². The van der Waals surface area contributed by atoms with E-state index in [1.807, 2.05) is 6.92 Å². The van der Waals surface area contributed by atoms with Crippen LogP contribution in [-0.2, 0) is 4.79 Å². The number of carbonyl (C=O) groups is 1. The standard InChI is InChI=1S/C10H20N2O2/c1-2-4-9(11)10(14)12-6-3-5-8(12)7-13/h8-9,13H,2-7,11H2,1H3/t8-,9?/m1/s1. The van der Waals surface area contributed by atoms with E-state index in [1.165, 1.54) is 0 Å². The molecule has 0 aromatic carbocycles. The van der Waals surface area contributed by atoms with Crippen molar-refractivity contribution in [3.05, 3.63) is 0 Å². The molecule has 1 aliphatic rings. The molecule has 1 amide bonds. The molecule has 0 aromatic heterocycles. The summed E-state index contributed by atoms with van der Waals surface area (Å²) in [5.74, 6) is 0.00315. The van der Waals surface area contributed by atoms with Gasteiger partial charge in [0.05, 0.1) is 18.7 Å². The Hall–Kier alpha value is -0.610. The van der Waals surface area contributed by atoms with Crippen LogP contribution in [-0.4, -0.2) is 41.1 Å². The van der Waals surface area contributed by atoms with Crippen LogP contribution in [0.3, 0.4) is 0 Å². The summed E-state index contributed by atoms with van der Waals surface area (Å²) in [6.07, 6.45) is 3.54. The molecule has 82 valence electrons. The summed E-state index contributed by atoms with van der Waals surface area (Å²) < 4.78 is 0. The van der Waals surface area contributed by atoms with Crippen molar-refractivity contribution < 1.29 is 9.90 Å². The predicted molar refractivity (Wildman–Crippen MR) is 54.7 cm³/mol. The van der Waals surface area contributed by atoms with Gasteiger partial charge in [-0.15, -0.1) is 0 Å². The molecule has 0 radical (unpaired) electrons. The van der Waals surface area contributed by atoms with Gasteiger partial charge in [-0.25, -0.2) is 0 Å². The van der Waals surface area contributed by atoms with Crippen LogP contribution in [0, 0.1) is 0 Å². The summed E-state index contributed by atoms with van der Waals surface area (Å²) in [5, 5.41) is 9.06. The lowest BCUT2D eigenvalue weighted by atomic mass is 10.1. The Morgan fingerprint density at radius 1 is 1.71 bits per heavy atom. The molecule has 3 N–H and O–H groups in total. The largest absolute Gasteiger partial charge is 0.394 e. The minimum Gasteiger partial charge on any atom is -0.394 e. The third-order valence-corrected chi connectivity index (χ3v) is 2.79. The Kier molecular flexibility index (Phi) is 4.35. The maximum Gasteiger partial charge on any atom is 0.239 e. The summed E-state index contributed by atoms with van der Waals surface area (Å²) in [5.41, 5.74) is 5.75. The monoisotopic (exact) mass is 200 g/mol. The van der Waals surface area contributed by atoms with E-state index in [9.17, 15) is 4.79 Å². The Labute approximate surface area is 85.1 Å². The van der Waals surface area contributed by atoms with Crippen LogP contribution in [0.15, 0.2) is 0 Å². The van der Waals surface area contributed by atoms with Gasteiger partial charge < -0.3 is 15.7 Å². The Balaban J connectivity index is 2.50. The smallest absolute Gasteiger partial charge is 0.239 e. The van der Waals surface area contributed by atoms with Gasteiger partial charge in [0.25, 0.3) is 0 Å². The first kappa shape index (κ1) is 11.5. The summed E-state index contributed by atoms with van der Waals surface area (Å²) in [7, 11) is 0. The van der Waals surface area contributed by atoms with Crippen molar-refractivity contribution in [2.75, 3.05) is 13.2 Å². The molecule has 14 heavy (non-hydrogen) atoms. The van der Waals surface area contributed by atoms with Crippen LogP contribution in [0.5, 0.6) is 0 Å². The van der Waals surface area contributed by atoms with Crippen LogP contribution in [0.2, 0.25) is 0 Å². The van der Waals surface area contributed by atoms with Crippen molar-refractivity contribution in [2.45, 2.75) is 44.7 Å². The second-order valence-electron chi connectivity index (χ2n) is 3.91. The number of aliphatic hydroxyl groups is 1. The Morgan fingerprint density at radius 3 is 3.00 bits per heavy atom. The fourth-order valence-electron chi connectivity index (χ4n) is 1.96.